The zero-order chi connectivity index (χ0) is 27.2. The molecule has 16 heteroatoms. The lowest BCUT2D eigenvalue weighted by Crippen LogP contribution is -2.62. The Balaban J connectivity index is 1.58. The maximum Gasteiger partial charge on any atom is 0.362 e. The summed E-state index contributed by atoms with van der Waals surface area (Å²) in [6, 6.07) is 5.88. The monoisotopic (exact) mass is 554 g/mol. The van der Waals surface area contributed by atoms with E-state index >= 15 is 0 Å². The average Bonchev–Trinajstić information content (AvgIpc) is 3.28. The summed E-state index contributed by atoms with van der Waals surface area (Å²) in [6.07, 6.45) is -0.362. The minimum Gasteiger partial charge on any atom is -0.490 e. The maximum absolute atomic E-state index is 12.9. The third-order valence-corrected chi connectivity index (χ3v) is 6.98. The SMILES string of the molecule is C[C@H]1[C@H](CC(=O)/C(=N\OCCOc2ccc(C(N)=NCCO)cc2)c2csc(N)n2)C(=O)N1S(=O)(=O)O. The molecule has 2 atom stereocenters. The standard InChI is InChI=1S/C21H26N6O8S2/c1-12-15(20(30)27(12)37(31,32)33)10-17(29)18(16-11-36-21(23)25-16)26-35-9-8-34-14-4-2-13(3-5-14)19(22)24-6-7-28/h2-5,11-12,15,28H,6-10H2,1H3,(H2,22,24)(H2,23,25)(H,31,32,33)/b26-18-/t12-,15-/m0/s1. The van der Waals surface area contributed by atoms with E-state index in [1.54, 1.807) is 24.3 Å². The van der Waals surface area contributed by atoms with Gasteiger partial charge in [-0.05, 0) is 31.2 Å². The van der Waals surface area contributed by atoms with Crippen LogP contribution in [0, 0.1) is 5.92 Å². The van der Waals surface area contributed by atoms with Gasteiger partial charge in [0.25, 0.3) is 0 Å². The zero-order valence-corrected chi connectivity index (χ0v) is 21.3. The Kier molecular flexibility index (Phi) is 9.14. The number of nitrogen functional groups attached to an aromatic ring is 1. The summed E-state index contributed by atoms with van der Waals surface area (Å²) in [5.41, 5.74) is 12.1. The second-order valence-corrected chi connectivity index (χ2v) is 9.97. The van der Waals surface area contributed by atoms with Crippen molar-refractivity contribution >= 4 is 50.0 Å². The van der Waals surface area contributed by atoms with Crippen LogP contribution in [0.1, 0.15) is 24.6 Å². The molecule has 2 heterocycles. The number of benzene rings is 1. The molecule has 1 fully saturated rings. The Labute approximate surface area is 216 Å². The largest absolute Gasteiger partial charge is 0.490 e. The van der Waals surface area contributed by atoms with Crippen molar-refractivity contribution in [3.63, 3.8) is 0 Å². The van der Waals surface area contributed by atoms with Crippen molar-refractivity contribution in [3.05, 3.63) is 40.9 Å². The smallest absolute Gasteiger partial charge is 0.362 e. The van der Waals surface area contributed by atoms with Crippen LogP contribution in [-0.2, 0) is 24.7 Å². The number of aliphatic hydroxyl groups is 1. The fourth-order valence-corrected chi connectivity index (χ4v) is 4.94. The van der Waals surface area contributed by atoms with Crippen molar-refractivity contribution < 1.29 is 37.2 Å². The Morgan fingerprint density at radius 1 is 1.27 bits per heavy atom. The number of carbonyl (C=O) groups is 2. The van der Waals surface area contributed by atoms with Crippen LogP contribution in [-0.4, -0.2) is 83.0 Å². The predicted molar refractivity (Wildman–Crippen MR) is 135 cm³/mol. The third kappa shape index (κ3) is 7.00. The Bertz CT molecular complexity index is 1290. The van der Waals surface area contributed by atoms with Crippen molar-refractivity contribution in [1.82, 2.24) is 9.29 Å². The van der Waals surface area contributed by atoms with Crippen LogP contribution in [0.5, 0.6) is 5.75 Å². The zero-order valence-electron chi connectivity index (χ0n) is 19.7. The van der Waals surface area contributed by atoms with E-state index in [2.05, 4.69) is 15.1 Å². The summed E-state index contributed by atoms with van der Waals surface area (Å²) in [4.78, 5) is 38.3. The molecule has 14 nitrogen and oxygen atoms in total. The number of ketones is 1. The highest BCUT2D eigenvalue weighted by molar-refractivity contribution is 7.84. The molecule has 0 radical (unpaired) electrons. The van der Waals surface area contributed by atoms with E-state index in [9.17, 15) is 18.0 Å². The van der Waals surface area contributed by atoms with Crippen molar-refractivity contribution in [2.75, 3.05) is 32.1 Å². The molecule has 0 aliphatic carbocycles. The summed E-state index contributed by atoms with van der Waals surface area (Å²) < 4.78 is 37.6. The van der Waals surface area contributed by atoms with Crippen LogP contribution in [0.3, 0.4) is 0 Å². The van der Waals surface area contributed by atoms with E-state index in [1.807, 2.05) is 0 Å². The maximum atomic E-state index is 12.9. The first-order valence-corrected chi connectivity index (χ1v) is 13.2. The van der Waals surface area contributed by atoms with Crippen LogP contribution in [0.25, 0.3) is 0 Å². The fraction of sp³-hybridized carbons (Fsp3) is 0.381. The van der Waals surface area contributed by atoms with Crippen molar-refractivity contribution in [3.8, 4) is 5.75 Å². The highest BCUT2D eigenvalue weighted by Gasteiger charge is 2.51. The molecule has 1 aromatic carbocycles. The number of thiazole rings is 1. The number of amidine groups is 1. The first kappa shape index (κ1) is 28.0. The minimum atomic E-state index is -4.70. The first-order valence-electron chi connectivity index (χ1n) is 10.9. The number of anilines is 1. The van der Waals surface area contributed by atoms with Crippen LogP contribution in [0.4, 0.5) is 5.13 Å². The lowest BCUT2D eigenvalue weighted by molar-refractivity contribution is -0.147. The van der Waals surface area contributed by atoms with E-state index in [0.29, 0.717) is 21.5 Å². The molecule has 0 spiro atoms. The highest BCUT2D eigenvalue weighted by atomic mass is 32.2. The Morgan fingerprint density at radius 3 is 2.54 bits per heavy atom. The topological polar surface area (TPSA) is 220 Å². The van der Waals surface area contributed by atoms with Gasteiger partial charge in [-0.1, -0.05) is 5.16 Å². The van der Waals surface area contributed by atoms with Crippen molar-refractivity contribution in [1.29, 1.82) is 0 Å². The summed E-state index contributed by atoms with van der Waals surface area (Å²) in [7, 11) is -4.70. The quantitative estimate of drug-likeness (QED) is 0.0635. The molecule has 3 rings (SSSR count). The normalized spacial score (nSPS) is 18.5. The lowest BCUT2D eigenvalue weighted by Gasteiger charge is -2.41. The van der Waals surface area contributed by atoms with Gasteiger partial charge in [-0.2, -0.15) is 8.42 Å². The van der Waals surface area contributed by atoms with E-state index in [4.69, 9.17) is 30.7 Å². The molecule has 0 saturated carbocycles. The number of oxime groups is 1. The van der Waals surface area contributed by atoms with Gasteiger partial charge < -0.3 is 26.1 Å². The van der Waals surface area contributed by atoms with Crippen LogP contribution in [0.2, 0.25) is 0 Å². The van der Waals surface area contributed by atoms with Crippen LogP contribution >= 0.6 is 11.3 Å². The fourth-order valence-electron chi connectivity index (χ4n) is 3.46. The summed E-state index contributed by atoms with van der Waals surface area (Å²) in [5, 5.41) is 14.4. The average molecular weight is 555 g/mol. The van der Waals surface area contributed by atoms with Crippen molar-refractivity contribution in [2.24, 2.45) is 21.8 Å². The van der Waals surface area contributed by atoms with Gasteiger partial charge in [0.2, 0.25) is 5.91 Å². The van der Waals surface area contributed by atoms with Gasteiger partial charge in [0.15, 0.2) is 23.2 Å². The number of nitrogens with two attached hydrogens (primary N) is 2. The molecule has 6 N–H and O–H groups in total. The van der Waals surface area contributed by atoms with Gasteiger partial charge in [0, 0.05) is 17.4 Å². The van der Waals surface area contributed by atoms with Crippen LogP contribution < -0.4 is 16.2 Å². The van der Waals surface area contributed by atoms with Crippen LogP contribution in [0.15, 0.2) is 39.8 Å². The second kappa shape index (κ2) is 12.1. The third-order valence-electron chi connectivity index (χ3n) is 5.30. The molecular formula is C21H26N6O8S2. The number of carbonyl (C=O) groups excluding carboxylic acids is 2. The summed E-state index contributed by atoms with van der Waals surface area (Å²) in [5.74, 6) is -1.63. The summed E-state index contributed by atoms with van der Waals surface area (Å²) in [6.45, 7) is 1.56. The van der Waals surface area contributed by atoms with E-state index in [0.717, 1.165) is 11.3 Å². The number of amides is 1. The second-order valence-electron chi connectivity index (χ2n) is 7.79. The number of nitrogens with zero attached hydrogens (tertiary/aromatic N) is 4. The number of rotatable bonds is 13. The highest BCUT2D eigenvalue weighted by Crippen LogP contribution is 2.32. The van der Waals surface area contributed by atoms with E-state index < -0.39 is 34.0 Å². The molecule has 37 heavy (non-hydrogen) atoms. The van der Waals surface area contributed by atoms with Gasteiger partial charge in [-0.15, -0.1) is 11.3 Å². The van der Waals surface area contributed by atoms with Gasteiger partial charge in [-0.25, -0.2) is 9.29 Å². The Morgan fingerprint density at radius 2 is 1.97 bits per heavy atom. The molecule has 1 aromatic heterocycles. The molecular weight excluding hydrogens is 528 g/mol. The number of ether oxygens (including phenoxy) is 1. The number of aliphatic hydroxyl groups excluding tert-OH is 1. The van der Waals surface area contributed by atoms with E-state index in [1.165, 1.54) is 12.3 Å². The van der Waals surface area contributed by atoms with Crippen molar-refractivity contribution in [2.45, 2.75) is 19.4 Å². The van der Waals surface area contributed by atoms with Gasteiger partial charge >= 0.3 is 10.3 Å². The number of β-lactam (4-membered cyclic amide) rings is 1. The van der Waals surface area contributed by atoms with Gasteiger partial charge in [-0.3, -0.25) is 19.1 Å². The molecule has 0 bridgehead atoms. The Hall–Kier alpha value is -3.60. The minimum absolute atomic E-state index is 0.0342. The predicted octanol–water partition coefficient (Wildman–Crippen LogP) is -0.168. The first-order chi connectivity index (χ1) is 17.5. The number of hydrogen-bond acceptors (Lipinski definition) is 12. The molecule has 1 aliphatic heterocycles. The summed E-state index contributed by atoms with van der Waals surface area (Å²) >= 11 is 1.08. The molecule has 200 valence electrons. The van der Waals surface area contributed by atoms with Gasteiger partial charge in [0.1, 0.15) is 23.9 Å². The molecule has 1 amide bonds. The number of Topliss-reactive ketones (excluding diaryl/α,β-unsaturated/α-hetero) is 1. The lowest BCUT2D eigenvalue weighted by atomic mass is 9.86. The molecule has 1 aliphatic rings. The number of aliphatic imine (C=N–C) groups is 1. The molecule has 0 unspecified atom stereocenters. The van der Waals surface area contributed by atoms with Gasteiger partial charge in [0.05, 0.1) is 25.1 Å². The van der Waals surface area contributed by atoms with E-state index in [-0.39, 0.29) is 49.3 Å². The molecule has 1 saturated heterocycles. The molecule has 2 aromatic rings. The number of hydrogen-bond donors (Lipinski definition) is 4. The number of aromatic nitrogens is 1.